The average Bonchev–Trinajstić information content (AvgIpc) is 3.20. The molecule has 2 aromatic heterocycles. The predicted molar refractivity (Wildman–Crippen MR) is 135 cm³/mol. The van der Waals surface area contributed by atoms with Crippen molar-refractivity contribution in [3.8, 4) is 0 Å². The Labute approximate surface area is 221 Å². The molecule has 5 N–H and O–H groups in total. The van der Waals surface area contributed by atoms with E-state index in [-0.39, 0.29) is 19.0 Å². The molecule has 0 bridgehead atoms. The summed E-state index contributed by atoms with van der Waals surface area (Å²) in [4.78, 5) is 52.3. The molecule has 7 atom stereocenters. The van der Waals surface area contributed by atoms with Crippen LogP contribution in [-0.4, -0.2) is 87.6 Å². The Bertz CT molecular complexity index is 1300. The lowest BCUT2D eigenvalue weighted by Gasteiger charge is -2.27. The summed E-state index contributed by atoms with van der Waals surface area (Å²) < 4.78 is 35.4. The lowest BCUT2D eigenvalue weighted by Crippen LogP contribution is -2.39. The smallest absolute Gasteiger partial charge is 0.351 e. The van der Waals surface area contributed by atoms with Crippen molar-refractivity contribution in [2.45, 2.75) is 43.8 Å². The van der Waals surface area contributed by atoms with Gasteiger partial charge in [-0.15, -0.1) is 0 Å². The van der Waals surface area contributed by atoms with Crippen molar-refractivity contribution >= 4 is 24.3 Å². The molecule has 0 radical (unpaired) electrons. The van der Waals surface area contributed by atoms with Crippen LogP contribution >= 0.6 is 6.72 Å². The van der Waals surface area contributed by atoms with E-state index in [2.05, 4.69) is 9.97 Å². The number of nitrogens with one attached hydrogen (secondary N) is 1. The molecule has 18 heteroatoms. The minimum atomic E-state index is -3.95. The van der Waals surface area contributed by atoms with E-state index in [1.165, 1.54) is 32.7 Å². The number of methoxy groups -OCH3 is 2. The van der Waals surface area contributed by atoms with Crippen molar-refractivity contribution < 1.29 is 38.0 Å². The summed E-state index contributed by atoms with van der Waals surface area (Å²) in [5.41, 5.74) is 3.56. The van der Waals surface area contributed by atoms with E-state index in [1.807, 2.05) is 0 Å². The molecule has 1 aliphatic heterocycles. The summed E-state index contributed by atoms with van der Waals surface area (Å²) in [6, 6.07) is 2.55. The molecule has 4 unspecified atom stereocenters. The molecule has 0 aromatic carbocycles. The summed E-state index contributed by atoms with van der Waals surface area (Å²) in [5, 5.41) is 9.81. The zero-order valence-corrected chi connectivity index (χ0v) is 22.4. The third kappa shape index (κ3) is 7.20. The number of anilines is 1. The number of nitrogens with two attached hydrogens (primary N) is 1. The number of aliphatic hydroxyl groups excluding tert-OH is 1. The van der Waals surface area contributed by atoms with E-state index >= 15 is 0 Å². The Morgan fingerprint density at radius 2 is 1.97 bits per heavy atom. The van der Waals surface area contributed by atoms with Crippen LogP contribution in [0, 0.1) is 0 Å². The highest BCUT2D eigenvalue weighted by Crippen LogP contribution is 2.49. The standard InChI is InChI=1S/C20H30N5O11PS/c1-11(31-2)17(24-7-5-14(27)23-20(24)29)33-8-9-34-37(30,38)36-15-12(10-26)35-18(16(15)32-3)25-6-4-13(21)22-19(25)28/h4-7,11-12,15-18,26H,8-10H2,1-3H3,(H,30,38)(H2,21,22,28)(H,23,27,29)/t11?,12-,15?,16?,17-,18-,37?/m1/s1. The maximum Gasteiger partial charge on any atom is 0.351 e. The minimum Gasteiger partial charge on any atom is -0.394 e. The summed E-state index contributed by atoms with van der Waals surface area (Å²) in [6.07, 6.45) is -3.10. The van der Waals surface area contributed by atoms with Crippen LogP contribution in [0.5, 0.6) is 0 Å². The first-order valence-corrected chi connectivity index (χ1v) is 13.9. The van der Waals surface area contributed by atoms with Gasteiger partial charge in [-0.2, -0.15) is 4.98 Å². The number of rotatable bonds is 13. The lowest BCUT2D eigenvalue weighted by molar-refractivity contribution is -0.0981. The van der Waals surface area contributed by atoms with Gasteiger partial charge in [-0.1, -0.05) is 0 Å². The van der Waals surface area contributed by atoms with Gasteiger partial charge in [0.2, 0.25) is 0 Å². The van der Waals surface area contributed by atoms with Crippen molar-refractivity contribution in [2.24, 2.45) is 0 Å². The second-order valence-electron chi connectivity index (χ2n) is 8.08. The normalized spacial score (nSPS) is 24.7. The topological polar surface area (TPSA) is 212 Å². The highest BCUT2D eigenvalue weighted by atomic mass is 32.5. The van der Waals surface area contributed by atoms with Gasteiger partial charge in [-0.25, -0.2) is 9.59 Å². The second kappa shape index (κ2) is 13.2. The summed E-state index contributed by atoms with van der Waals surface area (Å²) in [6.45, 7) is -3.24. The number of hydrogen-bond donors (Lipinski definition) is 4. The number of H-pyrrole nitrogens is 1. The molecule has 2 aromatic rings. The molecule has 0 saturated carbocycles. The van der Waals surface area contributed by atoms with Crippen molar-refractivity contribution in [3.63, 3.8) is 0 Å². The van der Waals surface area contributed by atoms with Crippen molar-refractivity contribution in [2.75, 3.05) is 39.8 Å². The fourth-order valence-electron chi connectivity index (χ4n) is 3.77. The van der Waals surface area contributed by atoms with E-state index in [0.717, 1.165) is 15.2 Å². The Morgan fingerprint density at radius 1 is 1.24 bits per heavy atom. The van der Waals surface area contributed by atoms with Gasteiger partial charge in [-0.3, -0.25) is 23.4 Å². The average molecular weight is 580 g/mol. The molecule has 3 heterocycles. The van der Waals surface area contributed by atoms with E-state index in [4.69, 9.17) is 45.5 Å². The maximum atomic E-state index is 12.3. The zero-order chi connectivity index (χ0) is 28.0. The number of ether oxygens (including phenoxy) is 4. The quantitative estimate of drug-likeness (QED) is 0.156. The molecule has 212 valence electrons. The van der Waals surface area contributed by atoms with Gasteiger partial charge < -0.3 is 39.2 Å². The summed E-state index contributed by atoms with van der Waals surface area (Å²) >= 11 is 5.12. The van der Waals surface area contributed by atoms with Crippen LogP contribution in [0.3, 0.4) is 0 Å². The van der Waals surface area contributed by atoms with E-state index in [0.29, 0.717) is 0 Å². The maximum absolute atomic E-state index is 12.3. The number of aromatic nitrogens is 4. The molecular formula is C20H30N5O11PS. The van der Waals surface area contributed by atoms with Crippen LogP contribution in [-0.2, 0) is 39.8 Å². The number of nitrogen functional groups attached to an aromatic ring is 1. The van der Waals surface area contributed by atoms with Crippen LogP contribution in [0.2, 0.25) is 0 Å². The van der Waals surface area contributed by atoms with Crippen LogP contribution in [0.15, 0.2) is 38.9 Å². The fraction of sp³-hybridized carbons (Fsp3) is 0.600. The van der Waals surface area contributed by atoms with Crippen LogP contribution in [0.1, 0.15) is 19.4 Å². The Morgan fingerprint density at radius 3 is 2.58 bits per heavy atom. The number of nitrogens with zero attached hydrogens (tertiary/aromatic N) is 3. The molecule has 38 heavy (non-hydrogen) atoms. The van der Waals surface area contributed by atoms with Gasteiger partial charge >= 0.3 is 18.1 Å². The number of aliphatic hydroxyl groups is 1. The first kappa shape index (κ1) is 30.2. The number of aromatic amines is 1. The molecule has 1 fully saturated rings. The van der Waals surface area contributed by atoms with E-state index < -0.39 is 67.1 Å². The van der Waals surface area contributed by atoms with Gasteiger partial charge in [0.25, 0.3) is 5.56 Å². The molecule has 1 aliphatic rings. The van der Waals surface area contributed by atoms with Crippen molar-refractivity contribution in [1.29, 1.82) is 0 Å². The third-order valence-electron chi connectivity index (χ3n) is 5.64. The van der Waals surface area contributed by atoms with Crippen LogP contribution in [0.4, 0.5) is 5.82 Å². The molecule has 0 spiro atoms. The highest BCUT2D eigenvalue weighted by molar-refractivity contribution is 8.07. The Balaban J connectivity index is 1.66. The Kier molecular flexibility index (Phi) is 10.5. The monoisotopic (exact) mass is 579 g/mol. The highest BCUT2D eigenvalue weighted by Gasteiger charge is 2.49. The van der Waals surface area contributed by atoms with E-state index in [9.17, 15) is 24.4 Å². The molecule has 0 amide bonds. The van der Waals surface area contributed by atoms with E-state index in [1.54, 1.807) is 6.92 Å². The van der Waals surface area contributed by atoms with Crippen LogP contribution < -0.4 is 22.7 Å². The molecular weight excluding hydrogens is 549 g/mol. The molecule has 0 aliphatic carbocycles. The van der Waals surface area contributed by atoms with Gasteiger partial charge in [-0.05, 0) is 24.8 Å². The van der Waals surface area contributed by atoms with Crippen molar-refractivity contribution in [1.82, 2.24) is 19.1 Å². The third-order valence-corrected chi connectivity index (χ3v) is 7.24. The SMILES string of the molecule is COC(C)[C@@H](OCCOP(O)(=S)OC1C(OC)[C@H](n2ccc(N)nc2=O)O[C@@H]1CO)n1ccc(=O)[nH]c1=O. The first-order valence-electron chi connectivity index (χ1n) is 11.3. The van der Waals surface area contributed by atoms with Gasteiger partial charge in [0.05, 0.1) is 25.9 Å². The number of hydrogen-bond acceptors (Lipinski definition) is 13. The van der Waals surface area contributed by atoms with Gasteiger partial charge in [0.15, 0.2) is 12.5 Å². The lowest BCUT2D eigenvalue weighted by atomic mass is 10.1. The fourth-order valence-corrected chi connectivity index (χ4v) is 5.22. The largest absolute Gasteiger partial charge is 0.394 e. The Hall–Kier alpha value is -2.31. The molecule has 1 saturated heterocycles. The predicted octanol–water partition coefficient (Wildman–Crippen LogP) is -1.55. The molecule has 16 nitrogen and oxygen atoms in total. The summed E-state index contributed by atoms with van der Waals surface area (Å²) in [5.74, 6) is 0.0127. The van der Waals surface area contributed by atoms with Gasteiger partial charge in [0.1, 0.15) is 24.1 Å². The van der Waals surface area contributed by atoms with Crippen LogP contribution in [0.25, 0.3) is 0 Å². The van der Waals surface area contributed by atoms with Crippen molar-refractivity contribution in [3.05, 3.63) is 55.8 Å². The zero-order valence-electron chi connectivity index (χ0n) is 20.7. The first-order chi connectivity index (χ1) is 18.0. The van der Waals surface area contributed by atoms with Gasteiger partial charge in [0, 0.05) is 32.7 Å². The minimum absolute atomic E-state index is 0.0127. The molecule has 3 rings (SSSR count). The second-order valence-corrected chi connectivity index (χ2v) is 10.9. The summed E-state index contributed by atoms with van der Waals surface area (Å²) in [7, 11) is 2.75.